The molecule has 0 saturated heterocycles. The fraction of sp³-hybridized carbons (Fsp3) is 0.481. The normalized spacial score (nSPS) is 18.8. The van der Waals surface area contributed by atoms with Crippen LogP contribution < -0.4 is 9.47 Å². The number of hydrogen-bond donors (Lipinski definition) is 1. The smallest absolute Gasteiger partial charge is 0.259 e. The van der Waals surface area contributed by atoms with Crippen LogP contribution in [0.25, 0.3) is 0 Å². The van der Waals surface area contributed by atoms with Gasteiger partial charge in [-0.3, -0.25) is 4.79 Å². The van der Waals surface area contributed by atoms with Gasteiger partial charge >= 0.3 is 0 Å². The van der Waals surface area contributed by atoms with Gasteiger partial charge in [-0.15, -0.1) is 0 Å². The highest BCUT2D eigenvalue weighted by atomic mass is 32.2. The predicted octanol–water partition coefficient (Wildman–Crippen LogP) is 2.64. The molecule has 3 atom stereocenters. The first-order chi connectivity index (χ1) is 17.5. The van der Waals surface area contributed by atoms with Gasteiger partial charge < -0.3 is 19.5 Å². The van der Waals surface area contributed by atoms with Gasteiger partial charge in [-0.05, 0) is 25.1 Å². The molecular formula is C27H35N3O6S. The van der Waals surface area contributed by atoms with Crippen molar-refractivity contribution in [3.8, 4) is 23.5 Å². The molecule has 0 saturated carbocycles. The van der Waals surface area contributed by atoms with Crippen LogP contribution in [0, 0.1) is 23.7 Å². The average molecular weight is 530 g/mol. The first-order valence-electron chi connectivity index (χ1n) is 12.2. The van der Waals surface area contributed by atoms with E-state index in [0.717, 1.165) is 0 Å². The van der Waals surface area contributed by atoms with Crippen LogP contribution in [0.1, 0.15) is 43.6 Å². The number of pyridine rings is 1. The molecule has 0 fully saturated rings. The van der Waals surface area contributed by atoms with Crippen LogP contribution in [0.5, 0.6) is 11.6 Å². The van der Waals surface area contributed by atoms with Gasteiger partial charge in [0.15, 0.2) is 0 Å². The number of aromatic nitrogens is 1. The summed E-state index contributed by atoms with van der Waals surface area (Å²) in [6.07, 6.45) is 0.923. The Balaban J connectivity index is 1.98. The summed E-state index contributed by atoms with van der Waals surface area (Å²) in [6.45, 7) is 7.64. The molecule has 1 aliphatic heterocycles. The number of rotatable bonds is 7. The van der Waals surface area contributed by atoms with Crippen molar-refractivity contribution in [2.45, 2.75) is 44.7 Å². The van der Waals surface area contributed by atoms with Crippen LogP contribution in [0.2, 0.25) is 0 Å². The van der Waals surface area contributed by atoms with E-state index in [1.807, 2.05) is 20.8 Å². The van der Waals surface area contributed by atoms with Crippen molar-refractivity contribution in [1.29, 1.82) is 0 Å². The number of sulfonamides is 1. The Kier molecular flexibility index (Phi) is 9.18. The summed E-state index contributed by atoms with van der Waals surface area (Å²) in [5.74, 6) is 6.19. The number of ether oxygens (including phenoxy) is 2. The van der Waals surface area contributed by atoms with Crippen LogP contribution in [0.4, 0.5) is 0 Å². The Morgan fingerprint density at radius 1 is 1.30 bits per heavy atom. The van der Waals surface area contributed by atoms with E-state index in [0.29, 0.717) is 11.3 Å². The molecule has 1 N–H and O–H groups in total. The number of aliphatic hydroxyl groups excluding tert-OH is 1. The number of aliphatic hydroxyl groups is 1. The number of likely N-dealkylation sites (N-methyl/N-ethyl adjacent to an activating group) is 1. The molecule has 1 aromatic heterocycles. The summed E-state index contributed by atoms with van der Waals surface area (Å²) in [7, 11) is -0.882. The summed E-state index contributed by atoms with van der Waals surface area (Å²) in [5.41, 5.74) is 0.801. The number of benzene rings is 1. The molecule has 0 radical (unpaired) electrons. The van der Waals surface area contributed by atoms with Gasteiger partial charge in [0, 0.05) is 43.3 Å². The summed E-state index contributed by atoms with van der Waals surface area (Å²) in [5, 5.41) is 9.83. The van der Waals surface area contributed by atoms with E-state index in [2.05, 4.69) is 16.8 Å². The minimum absolute atomic E-state index is 0.0201. The monoisotopic (exact) mass is 529 g/mol. The maximum atomic E-state index is 13.5. The third-order valence-corrected chi connectivity index (χ3v) is 8.03. The first-order valence-corrected chi connectivity index (χ1v) is 13.6. The molecule has 1 aromatic carbocycles. The molecular weight excluding hydrogens is 494 g/mol. The molecule has 200 valence electrons. The van der Waals surface area contributed by atoms with Crippen molar-refractivity contribution >= 4 is 15.9 Å². The second-order valence-electron chi connectivity index (χ2n) is 9.59. The highest BCUT2D eigenvalue weighted by Crippen LogP contribution is 2.28. The van der Waals surface area contributed by atoms with Crippen LogP contribution in [0.15, 0.2) is 41.4 Å². The van der Waals surface area contributed by atoms with Crippen molar-refractivity contribution in [2.24, 2.45) is 11.8 Å². The molecule has 1 amide bonds. The third-order valence-electron chi connectivity index (χ3n) is 6.21. The van der Waals surface area contributed by atoms with Crippen molar-refractivity contribution in [2.75, 3.05) is 33.9 Å². The largest absolute Gasteiger partial charge is 0.497 e. The Bertz CT molecular complexity index is 1280. The van der Waals surface area contributed by atoms with Gasteiger partial charge in [-0.25, -0.2) is 13.4 Å². The van der Waals surface area contributed by atoms with Gasteiger partial charge in [0.25, 0.3) is 5.91 Å². The predicted molar refractivity (Wildman–Crippen MR) is 140 cm³/mol. The van der Waals surface area contributed by atoms with Crippen LogP contribution >= 0.6 is 0 Å². The summed E-state index contributed by atoms with van der Waals surface area (Å²) >= 11 is 0. The number of methoxy groups -OCH3 is 1. The van der Waals surface area contributed by atoms with Crippen molar-refractivity contribution in [1.82, 2.24) is 14.2 Å². The summed E-state index contributed by atoms with van der Waals surface area (Å²) in [4.78, 5) is 19.6. The van der Waals surface area contributed by atoms with Crippen molar-refractivity contribution in [3.63, 3.8) is 0 Å². The molecule has 37 heavy (non-hydrogen) atoms. The van der Waals surface area contributed by atoms with E-state index in [1.54, 1.807) is 36.2 Å². The number of fused-ring (bicyclic) bond motifs is 1. The van der Waals surface area contributed by atoms with E-state index < -0.39 is 22.2 Å². The molecule has 10 heteroatoms. The van der Waals surface area contributed by atoms with Crippen LogP contribution in [-0.4, -0.2) is 79.6 Å². The standard InChI is InChI=1S/C27H35N3O6S/c1-18(2)10-11-21-12-24-26(28-14-21)36-25(19(3)15-30(27(24)32)20(4)17-31)16-29(5)37(33,34)23-9-7-8-22(13-23)35-6/h7-9,12-14,18-20,25,31H,15-17H2,1-6H3/t19-,20+,25-/m1/s1. The topological polar surface area (TPSA) is 109 Å². The summed E-state index contributed by atoms with van der Waals surface area (Å²) in [6, 6.07) is 7.46. The maximum Gasteiger partial charge on any atom is 0.259 e. The number of hydrogen-bond acceptors (Lipinski definition) is 7. The molecule has 3 rings (SSSR count). The van der Waals surface area contributed by atoms with E-state index in [4.69, 9.17) is 9.47 Å². The van der Waals surface area contributed by atoms with E-state index in [9.17, 15) is 18.3 Å². The van der Waals surface area contributed by atoms with Gasteiger partial charge in [-0.1, -0.05) is 38.7 Å². The van der Waals surface area contributed by atoms with Crippen LogP contribution in [-0.2, 0) is 10.0 Å². The second kappa shape index (κ2) is 11.9. The number of carbonyl (C=O) groups excluding carboxylic acids is 1. The molecule has 0 unspecified atom stereocenters. The number of amides is 1. The Hall–Kier alpha value is -3.13. The summed E-state index contributed by atoms with van der Waals surface area (Å²) < 4.78 is 39.2. The fourth-order valence-electron chi connectivity index (χ4n) is 3.91. The lowest BCUT2D eigenvalue weighted by molar-refractivity contribution is 0.0373. The molecule has 2 heterocycles. The highest BCUT2D eigenvalue weighted by molar-refractivity contribution is 7.89. The van der Waals surface area contributed by atoms with Gasteiger partial charge in [0.2, 0.25) is 15.9 Å². The zero-order chi connectivity index (χ0) is 27.3. The first kappa shape index (κ1) is 28.4. The van der Waals surface area contributed by atoms with Gasteiger partial charge in [0.1, 0.15) is 17.4 Å². The van der Waals surface area contributed by atoms with Crippen LogP contribution in [0.3, 0.4) is 0 Å². The maximum absolute atomic E-state index is 13.5. The van der Waals surface area contributed by atoms with E-state index in [1.165, 1.54) is 30.6 Å². The molecule has 0 spiro atoms. The molecule has 9 nitrogen and oxygen atoms in total. The average Bonchev–Trinajstić information content (AvgIpc) is 2.88. The minimum atomic E-state index is -3.85. The highest BCUT2D eigenvalue weighted by Gasteiger charge is 2.36. The van der Waals surface area contributed by atoms with Gasteiger partial charge in [0.05, 0.1) is 31.2 Å². The van der Waals surface area contributed by atoms with Crippen molar-refractivity contribution in [3.05, 3.63) is 47.7 Å². The lowest BCUT2D eigenvalue weighted by atomic mass is 10.00. The van der Waals surface area contributed by atoms with Crippen molar-refractivity contribution < 1.29 is 27.8 Å². The molecule has 2 aromatic rings. The zero-order valence-electron chi connectivity index (χ0n) is 22.1. The second-order valence-corrected chi connectivity index (χ2v) is 11.6. The molecule has 0 aliphatic carbocycles. The van der Waals surface area contributed by atoms with E-state index >= 15 is 0 Å². The Morgan fingerprint density at radius 2 is 2.03 bits per heavy atom. The molecule has 0 bridgehead atoms. The SMILES string of the molecule is COc1cccc(S(=O)(=O)N(C)C[C@H]2Oc3ncc(C#CC(C)C)cc3C(=O)N([C@@H](C)CO)C[C@H]2C)c1. The number of nitrogens with zero attached hydrogens (tertiary/aromatic N) is 3. The van der Waals surface area contributed by atoms with E-state index in [-0.39, 0.29) is 53.8 Å². The minimum Gasteiger partial charge on any atom is -0.497 e. The Labute approximate surface area is 219 Å². The lowest BCUT2D eigenvalue weighted by Crippen LogP contribution is -2.50. The lowest BCUT2D eigenvalue weighted by Gasteiger charge is -2.37. The number of carbonyl (C=O) groups is 1. The fourth-order valence-corrected chi connectivity index (χ4v) is 5.13. The van der Waals surface area contributed by atoms with Gasteiger partial charge in [-0.2, -0.15) is 4.31 Å². The zero-order valence-corrected chi connectivity index (χ0v) is 22.9. The quantitative estimate of drug-likeness (QED) is 0.549. The third kappa shape index (κ3) is 6.60. The molecule has 1 aliphatic rings. The Morgan fingerprint density at radius 3 is 2.68 bits per heavy atom.